The van der Waals surface area contributed by atoms with Crippen LogP contribution in [0.1, 0.15) is 44.5 Å². The Morgan fingerprint density at radius 1 is 1.11 bits per heavy atom. The minimum Gasteiger partial charge on any atom is -0.348 e. The van der Waals surface area contributed by atoms with Gasteiger partial charge in [-0.1, -0.05) is 45.0 Å². The molecule has 2 unspecified atom stereocenters. The molecule has 0 amide bonds. The molecule has 1 aromatic heterocycles. The van der Waals surface area contributed by atoms with Gasteiger partial charge in [0.25, 0.3) is 0 Å². The van der Waals surface area contributed by atoms with Crippen molar-refractivity contribution in [1.29, 1.82) is 0 Å². The normalized spacial score (nSPS) is 29.2. The van der Waals surface area contributed by atoms with Gasteiger partial charge in [0.1, 0.15) is 0 Å². The van der Waals surface area contributed by atoms with Crippen LogP contribution in [0.15, 0.2) is 36.8 Å². The zero-order chi connectivity index (χ0) is 13.0. The first-order chi connectivity index (χ1) is 8.49. The van der Waals surface area contributed by atoms with Crippen LogP contribution in [0, 0.1) is 5.92 Å². The monoisotopic (exact) mass is 240 g/mol. The van der Waals surface area contributed by atoms with E-state index in [0.29, 0.717) is 5.92 Å². The molecular weight excluding hydrogens is 220 g/mol. The van der Waals surface area contributed by atoms with Crippen LogP contribution in [0.2, 0.25) is 0 Å². The first-order valence-electron chi connectivity index (χ1n) is 6.58. The highest BCUT2D eigenvalue weighted by Gasteiger charge is 2.52. The van der Waals surface area contributed by atoms with Gasteiger partial charge in [-0.2, -0.15) is 0 Å². The van der Waals surface area contributed by atoms with Gasteiger partial charge in [0.05, 0.1) is 6.33 Å². The van der Waals surface area contributed by atoms with E-state index in [-0.39, 0.29) is 10.8 Å². The summed E-state index contributed by atoms with van der Waals surface area (Å²) in [5.41, 5.74) is 4.34. The maximum atomic E-state index is 4.21. The van der Waals surface area contributed by atoms with E-state index < -0.39 is 0 Å². The van der Waals surface area contributed by atoms with E-state index in [9.17, 15) is 0 Å². The quantitative estimate of drug-likeness (QED) is 0.810. The Labute approximate surface area is 108 Å². The molecule has 94 valence electrons. The molecular formula is C16H20N2. The van der Waals surface area contributed by atoms with Gasteiger partial charge in [-0.25, -0.2) is 4.98 Å². The number of H-pyrrole nitrogens is 1. The maximum Gasteiger partial charge on any atom is 0.0922 e. The average molecular weight is 240 g/mol. The molecule has 0 spiro atoms. The van der Waals surface area contributed by atoms with Crippen LogP contribution in [0.4, 0.5) is 0 Å². The summed E-state index contributed by atoms with van der Waals surface area (Å²) in [6.07, 6.45) is 3.75. The lowest BCUT2D eigenvalue weighted by atomic mass is 9.69. The molecule has 0 radical (unpaired) electrons. The number of rotatable bonds is 1. The van der Waals surface area contributed by atoms with E-state index in [2.05, 4.69) is 61.9 Å². The minimum absolute atomic E-state index is 0.0244. The lowest BCUT2D eigenvalue weighted by molar-refractivity contribution is 0.278. The lowest BCUT2D eigenvalue weighted by Crippen LogP contribution is -2.34. The van der Waals surface area contributed by atoms with Crippen molar-refractivity contribution in [2.45, 2.75) is 38.5 Å². The highest BCUT2D eigenvalue weighted by molar-refractivity contribution is 5.51. The van der Waals surface area contributed by atoms with Gasteiger partial charge in [-0.15, -0.1) is 0 Å². The molecule has 1 N–H and O–H groups in total. The predicted octanol–water partition coefficient (Wildman–Crippen LogP) is 3.64. The summed E-state index contributed by atoms with van der Waals surface area (Å²) in [6.45, 7) is 9.37. The van der Waals surface area contributed by atoms with Crippen LogP contribution in [0.25, 0.3) is 0 Å². The number of aromatic nitrogens is 2. The summed E-state index contributed by atoms with van der Waals surface area (Å²) < 4.78 is 0. The highest BCUT2D eigenvalue weighted by atomic mass is 14.9. The minimum atomic E-state index is 0.0244. The fourth-order valence-electron chi connectivity index (χ4n) is 3.60. The van der Waals surface area contributed by atoms with E-state index in [1.807, 2.05) is 6.20 Å². The van der Waals surface area contributed by atoms with Crippen molar-refractivity contribution in [3.63, 3.8) is 0 Å². The maximum absolute atomic E-state index is 4.21. The Morgan fingerprint density at radius 2 is 1.78 bits per heavy atom. The zero-order valence-electron chi connectivity index (χ0n) is 11.5. The van der Waals surface area contributed by atoms with Crippen molar-refractivity contribution in [1.82, 2.24) is 9.97 Å². The van der Waals surface area contributed by atoms with Crippen LogP contribution < -0.4 is 0 Å². The van der Waals surface area contributed by atoms with Crippen molar-refractivity contribution < 1.29 is 0 Å². The fourth-order valence-corrected chi connectivity index (χ4v) is 3.60. The van der Waals surface area contributed by atoms with Crippen LogP contribution in [-0.4, -0.2) is 9.97 Å². The number of nitrogens with zero attached hydrogens (tertiary/aromatic N) is 1. The standard InChI is InChI=1S/C16H20N2/c1-11-15(2,3)12-7-5-6-8-13(12)16(11,4)14-9-17-10-18-14/h5-11H,1-4H3,(H,17,18). The summed E-state index contributed by atoms with van der Waals surface area (Å²) in [6, 6.07) is 8.82. The second kappa shape index (κ2) is 3.47. The molecule has 1 aliphatic rings. The number of hydrogen-bond acceptors (Lipinski definition) is 1. The average Bonchev–Trinajstić information content (AvgIpc) is 2.95. The Morgan fingerprint density at radius 3 is 2.39 bits per heavy atom. The van der Waals surface area contributed by atoms with E-state index in [0.717, 1.165) is 0 Å². The van der Waals surface area contributed by atoms with Crippen LogP contribution >= 0.6 is 0 Å². The number of nitrogens with one attached hydrogen (secondary N) is 1. The number of imidazole rings is 1. The number of benzene rings is 1. The molecule has 0 fully saturated rings. The molecule has 0 aliphatic heterocycles. The molecule has 2 atom stereocenters. The van der Waals surface area contributed by atoms with Gasteiger partial charge in [0.2, 0.25) is 0 Å². The summed E-state index contributed by atoms with van der Waals surface area (Å²) >= 11 is 0. The molecule has 2 aromatic rings. The van der Waals surface area contributed by atoms with Crippen LogP contribution in [0.3, 0.4) is 0 Å². The number of fused-ring (bicyclic) bond motifs is 1. The molecule has 0 saturated carbocycles. The number of aromatic amines is 1. The SMILES string of the molecule is CC1C(C)(C)c2ccccc2C1(C)c1cnc[nH]1. The third-order valence-corrected chi connectivity index (χ3v) is 5.19. The summed E-state index contributed by atoms with van der Waals surface area (Å²) in [7, 11) is 0. The molecule has 1 aromatic carbocycles. The van der Waals surface area contributed by atoms with E-state index >= 15 is 0 Å². The molecule has 2 heteroatoms. The predicted molar refractivity (Wildman–Crippen MR) is 73.7 cm³/mol. The Balaban J connectivity index is 2.30. The molecule has 3 rings (SSSR count). The van der Waals surface area contributed by atoms with Crippen molar-refractivity contribution in [3.05, 3.63) is 53.6 Å². The van der Waals surface area contributed by atoms with Gasteiger partial charge in [-0.3, -0.25) is 0 Å². The van der Waals surface area contributed by atoms with Gasteiger partial charge in [0, 0.05) is 17.3 Å². The topological polar surface area (TPSA) is 28.7 Å². The van der Waals surface area contributed by atoms with Crippen LogP contribution in [0.5, 0.6) is 0 Å². The highest BCUT2D eigenvalue weighted by Crippen LogP contribution is 2.55. The second-order valence-corrected chi connectivity index (χ2v) is 6.16. The van der Waals surface area contributed by atoms with Crippen molar-refractivity contribution in [2.24, 2.45) is 5.92 Å². The van der Waals surface area contributed by atoms with Crippen molar-refractivity contribution in [3.8, 4) is 0 Å². The summed E-state index contributed by atoms with van der Waals surface area (Å²) in [5, 5.41) is 0. The molecule has 1 aliphatic carbocycles. The molecule has 18 heavy (non-hydrogen) atoms. The molecule has 2 nitrogen and oxygen atoms in total. The smallest absolute Gasteiger partial charge is 0.0922 e. The number of hydrogen-bond donors (Lipinski definition) is 1. The molecule has 0 bridgehead atoms. The zero-order valence-corrected chi connectivity index (χ0v) is 11.5. The third-order valence-electron chi connectivity index (χ3n) is 5.19. The van der Waals surface area contributed by atoms with Gasteiger partial charge < -0.3 is 4.98 Å². The van der Waals surface area contributed by atoms with Gasteiger partial charge in [-0.05, 0) is 29.4 Å². The largest absolute Gasteiger partial charge is 0.348 e. The molecule has 0 saturated heterocycles. The van der Waals surface area contributed by atoms with Gasteiger partial charge in [0.15, 0.2) is 0 Å². The van der Waals surface area contributed by atoms with Crippen molar-refractivity contribution >= 4 is 0 Å². The lowest BCUT2D eigenvalue weighted by Gasteiger charge is -2.35. The van der Waals surface area contributed by atoms with E-state index in [1.165, 1.54) is 16.8 Å². The van der Waals surface area contributed by atoms with E-state index in [1.54, 1.807) is 6.33 Å². The first-order valence-corrected chi connectivity index (χ1v) is 6.58. The van der Waals surface area contributed by atoms with Gasteiger partial charge >= 0.3 is 0 Å². The Hall–Kier alpha value is -1.57. The first kappa shape index (κ1) is 11.5. The molecule has 1 heterocycles. The second-order valence-electron chi connectivity index (χ2n) is 6.16. The summed E-state index contributed by atoms with van der Waals surface area (Å²) in [5.74, 6) is 0.530. The Kier molecular flexibility index (Phi) is 2.22. The van der Waals surface area contributed by atoms with E-state index in [4.69, 9.17) is 0 Å². The van der Waals surface area contributed by atoms with Crippen LogP contribution in [-0.2, 0) is 10.8 Å². The fraction of sp³-hybridized carbons (Fsp3) is 0.438. The Bertz CT molecular complexity index is 569. The summed E-state index contributed by atoms with van der Waals surface area (Å²) in [4.78, 5) is 7.53. The third kappa shape index (κ3) is 1.21. The van der Waals surface area contributed by atoms with Crippen molar-refractivity contribution in [2.75, 3.05) is 0 Å².